The molecule has 0 aliphatic carbocycles. The van der Waals surface area contributed by atoms with Crippen LogP contribution in [0.4, 0.5) is 0 Å². The Morgan fingerprint density at radius 1 is 1.41 bits per heavy atom. The van der Waals surface area contributed by atoms with Gasteiger partial charge in [-0.1, -0.05) is 12.1 Å². The van der Waals surface area contributed by atoms with E-state index in [1.165, 1.54) is 6.07 Å². The van der Waals surface area contributed by atoms with Gasteiger partial charge in [0.15, 0.2) is 6.04 Å². The standard InChI is InChI=1S/C11H13NO5/c1-6-3-2-4-7(9(6)14)10(15)12-8(5-13)11(16)17/h2-4,8,13-14H,5H2,1H3,(H,12,15)(H,16,17). The van der Waals surface area contributed by atoms with E-state index in [0.29, 0.717) is 5.56 Å². The SMILES string of the molecule is Cc1cccc(C(=O)NC(CO)C(=O)O)c1O. The number of phenolic OH excluding ortho intramolecular Hbond substituents is 1. The largest absolute Gasteiger partial charge is 0.507 e. The van der Waals surface area contributed by atoms with Crippen molar-refractivity contribution in [1.82, 2.24) is 5.32 Å². The molecule has 1 aromatic carbocycles. The fourth-order valence-electron chi connectivity index (χ4n) is 1.26. The average Bonchev–Trinajstić information content (AvgIpc) is 2.28. The number of carbonyl (C=O) groups excluding carboxylic acids is 1. The van der Waals surface area contributed by atoms with Gasteiger partial charge in [-0.2, -0.15) is 0 Å². The van der Waals surface area contributed by atoms with Gasteiger partial charge in [-0.05, 0) is 18.6 Å². The summed E-state index contributed by atoms with van der Waals surface area (Å²) in [5, 5.41) is 29.1. The van der Waals surface area contributed by atoms with Crippen molar-refractivity contribution in [2.45, 2.75) is 13.0 Å². The highest BCUT2D eigenvalue weighted by molar-refractivity contribution is 5.99. The van der Waals surface area contributed by atoms with Gasteiger partial charge < -0.3 is 20.6 Å². The van der Waals surface area contributed by atoms with Crippen LogP contribution in [-0.2, 0) is 4.79 Å². The summed E-state index contributed by atoms with van der Waals surface area (Å²) in [4.78, 5) is 22.3. The van der Waals surface area contributed by atoms with Crippen molar-refractivity contribution in [3.63, 3.8) is 0 Å². The molecule has 1 rings (SSSR count). The maximum Gasteiger partial charge on any atom is 0.328 e. The van der Waals surface area contributed by atoms with Crippen LogP contribution >= 0.6 is 0 Å². The number of aryl methyl sites for hydroxylation is 1. The zero-order valence-corrected chi connectivity index (χ0v) is 9.17. The zero-order chi connectivity index (χ0) is 13.0. The van der Waals surface area contributed by atoms with Crippen molar-refractivity contribution in [2.24, 2.45) is 0 Å². The maximum atomic E-state index is 11.6. The summed E-state index contributed by atoms with van der Waals surface area (Å²) >= 11 is 0. The number of rotatable bonds is 4. The van der Waals surface area contributed by atoms with Gasteiger partial charge >= 0.3 is 5.97 Å². The number of hydrogen-bond acceptors (Lipinski definition) is 4. The molecule has 0 fully saturated rings. The number of aliphatic carboxylic acids is 1. The van der Waals surface area contributed by atoms with E-state index >= 15 is 0 Å². The topological polar surface area (TPSA) is 107 Å². The van der Waals surface area contributed by atoms with Gasteiger partial charge in [-0.15, -0.1) is 0 Å². The second-order valence-corrected chi connectivity index (χ2v) is 3.52. The normalized spacial score (nSPS) is 11.9. The molecule has 0 aliphatic heterocycles. The smallest absolute Gasteiger partial charge is 0.328 e. The molecular weight excluding hydrogens is 226 g/mol. The van der Waals surface area contributed by atoms with Gasteiger partial charge in [0.2, 0.25) is 0 Å². The number of carboxylic acid groups (broad SMARTS) is 1. The summed E-state index contributed by atoms with van der Waals surface area (Å²) in [7, 11) is 0. The Morgan fingerprint density at radius 3 is 2.59 bits per heavy atom. The van der Waals surface area contributed by atoms with Crippen LogP contribution in [0.15, 0.2) is 18.2 Å². The lowest BCUT2D eigenvalue weighted by Gasteiger charge is -2.12. The van der Waals surface area contributed by atoms with Crippen molar-refractivity contribution in [3.8, 4) is 5.75 Å². The number of hydrogen-bond donors (Lipinski definition) is 4. The molecule has 0 saturated heterocycles. The Bertz CT molecular complexity index is 443. The lowest BCUT2D eigenvalue weighted by atomic mass is 10.1. The monoisotopic (exact) mass is 239 g/mol. The van der Waals surface area contributed by atoms with Crippen LogP contribution < -0.4 is 5.32 Å². The van der Waals surface area contributed by atoms with Gasteiger partial charge in [0, 0.05) is 0 Å². The lowest BCUT2D eigenvalue weighted by Crippen LogP contribution is -2.43. The molecule has 0 spiro atoms. The number of aromatic hydroxyl groups is 1. The highest BCUT2D eigenvalue weighted by atomic mass is 16.4. The van der Waals surface area contributed by atoms with Crippen molar-refractivity contribution < 1.29 is 24.9 Å². The van der Waals surface area contributed by atoms with Crippen LogP contribution in [0.25, 0.3) is 0 Å². The third-order valence-corrected chi connectivity index (χ3v) is 2.27. The zero-order valence-electron chi connectivity index (χ0n) is 9.17. The summed E-state index contributed by atoms with van der Waals surface area (Å²) < 4.78 is 0. The number of aliphatic hydroxyl groups is 1. The fourth-order valence-corrected chi connectivity index (χ4v) is 1.26. The number of carbonyl (C=O) groups is 2. The van der Waals surface area contributed by atoms with E-state index in [-0.39, 0.29) is 11.3 Å². The average molecular weight is 239 g/mol. The number of para-hydroxylation sites is 1. The van der Waals surface area contributed by atoms with E-state index in [1.54, 1.807) is 19.1 Å². The van der Waals surface area contributed by atoms with Gasteiger partial charge in [0.05, 0.1) is 12.2 Å². The van der Waals surface area contributed by atoms with Crippen LogP contribution in [0.1, 0.15) is 15.9 Å². The van der Waals surface area contributed by atoms with E-state index < -0.39 is 24.5 Å². The van der Waals surface area contributed by atoms with E-state index in [0.717, 1.165) is 0 Å². The number of aliphatic hydroxyl groups excluding tert-OH is 1. The Kier molecular flexibility index (Phi) is 4.06. The van der Waals surface area contributed by atoms with Gasteiger partial charge in [0.1, 0.15) is 5.75 Å². The van der Waals surface area contributed by atoms with Crippen LogP contribution in [0, 0.1) is 6.92 Å². The number of carboxylic acids is 1. The quantitative estimate of drug-likeness (QED) is 0.585. The summed E-state index contributed by atoms with van der Waals surface area (Å²) in [6, 6.07) is 3.17. The van der Waals surface area contributed by atoms with E-state index in [4.69, 9.17) is 10.2 Å². The summed E-state index contributed by atoms with van der Waals surface area (Å²) in [5.41, 5.74) is 0.484. The highest BCUT2D eigenvalue weighted by Crippen LogP contribution is 2.21. The molecule has 1 unspecified atom stereocenters. The molecule has 6 nitrogen and oxygen atoms in total. The Morgan fingerprint density at radius 2 is 2.06 bits per heavy atom. The molecule has 4 N–H and O–H groups in total. The summed E-state index contributed by atoms with van der Waals surface area (Å²) in [6.45, 7) is 0.903. The van der Waals surface area contributed by atoms with Crippen molar-refractivity contribution in [2.75, 3.05) is 6.61 Å². The molecule has 0 aliphatic rings. The van der Waals surface area contributed by atoms with Gasteiger partial charge in [-0.25, -0.2) is 4.79 Å². The van der Waals surface area contributed by atoms with Crippen LogP contribution in [0.3, 0.4) is 0 Å². The predicted molar refractivity (Wildman–Crippen MR) is 58.8 cm³/mol. The van der Waals surface area contributed by atoms with Crippen molar-refractivity contribution in [1.29, 1.82) is 0 Å². The molecular formula is C11H13NO5. The minimum Gasteiger partial charge on any atom is -0.507 e. The molecule has 17 heavy (non-hydrogen) atoms. The highest BCUT2D eigenvalue weighted by Gasteiger charge is 2.21. The number of nitrogens with one attached hydrogen (secondary N) is 1. The second kappa shape index (κ2) is 5.31. The first kappa shape index (κ1) is 13.0. The third kappa shape index (κ3) is 2.94. The minimum atomic E-state index is -1.39. The molecule has 1 amide bonds. The van der Waals surface area contributed by atoms with E-state index in [1.807, 2.05) is 0 Å². The Hall–Kier alpha value is -2.08. The van der Waals surface area contributed by atoms with Gasteiger partial charge in [0.25, 0.3) is 5.91 Å². The second-order valence-electron chi connectivity index (χ2n) is 3.52. The van der Waals surface area contributed by atoms with Crippen molar-refractivity contribution in [3.05, 3.63) is 29.3 Å². The third-order valence-electron chi connectivity index (χ3n) is 2.27. The Balaban J connectivity index is 2.90. The molecule has 0 bridgehead atoms. The molecule has 92 valence electrons. The van der Waals surface area contributed by atoms with Gasteiger partial charge in [-0.3, -0.25) is 4.79 Å². The summed E-state index contributed by atoms with van der Waals surface area (Å²) in [6.07, 6.45) is 0. The number of phenols is 1. The first-order valence-corrected chi connectivity index (χ1v) is 4.90. The molecule has 1 atom stereocenters. The Labute approximate surface area is 97.5 Å². The molecule has 6 heteroatoms. The van der Waals surface area contributed by atoms with Crippen LogP contribution in [-0.4, -0.2) is 39.8 Å². The first-order chi connectivity index (χ1) is 7.97. The summed E-state index contributed by atoms with van der Waals surface area (Å²) in [5.74, 6) is -2.28. The maximum absolute atomic E-state index is 11.6. The molecule has 0 heterocycles. The molecule has 0 radical (unpaired) electrons. The van der Waals surface area contributed by atoms with E-state index in [9.17, 15) is 14.7 Å². The molecule has 0 saturated carbocycles. The number of benzene rings is 1. The van der Waals surface area contributed by atoms with Crippen molar-refractivity contribution >= 4 is 11.9 Å². The predicted octanol–water partition coefficient (Wildman–Crippen LogP) is -0.124. The van der Waals surface area contributed by atoms with Crippen LogP contribution in [0.5, 0.6) is 5.75 Å². The number of amides is 1. The minimum absolute atomic E-state index is 0.0234. The van der Waals surface area contributed by atoms with E-state index in [2.05, 4.69) is 5.32 Å². The molecule has 0 aromatic heterocycles. The lowest BCUT2D eigenvalue weighted by molar-refractivity contribution is -0.140. The first-order valence-electron chi connectivity index (χ1n) is 4.90. The molecule has 1 aromatic rings. The van der Waals surface area contributed by atoms with Crippen LogP contribution in [0.2, 0.25) is 0 Å². The fraction of sp³-hybridized carbons (Fsp3) is 0.273.